The van der Waals surface area contributed by atoms with E-state index in [9.17, 15) is 0 Å². The first kappa shape index (κ1) is 12.5. The van der Waals surface area contributed by atoms with E-state index in [1.807, 2.05) is 19.2 Å². The molecule has 0 spiro atoms. The van der Waals surface area contributed by atoms with Crippen molar-refractivity contribution >= 4 is 6.21 Å². The highest BCUT2D eigenvalue weighted by Crippen LogP contribution is 2.03. The minimum Gasteiger partial charge on any atom is -0.380 e. The van der Waals surface area contributed by atoms with Gasteiger partial charge in [-0.25, -0.2) is 0 Å². The molecule has 86 valence electrons. The molecule has 0 saturated carbocycles. The molecule has 1 rings (SSSR count). The Balaban J connectivity index is 2.28. The average molecular weight is 216 g/mol. The van der Waals surface area contributed by atoms with Crippen molar-refractivity contribution in [2.45, 2.75) is 19.8 Å². The normalized spacial score (nSPS) is 11.2. The number of aryl methyl sites for hydroxylation is 1. The lowest BCUT2D eigenvalue weighted by atomic mass is 10.1. The van der Waals surface area contributed by atoms with Crippen LogP contribution in [0.4, 0.5) is 0 Å². The van der Waals surface area contributed by atoms with Gasteiger partial charge in [0.25, 0.3) is 0 Å². The number of benzene rings is 1. The first-order valence-electron chi connectivity index (χ1n) is 5.65. The molecule has 1 N–H and O–H groups in total. The quantitative estimate of drug-likeness (QED) is 0.727. The molecule has 1 aromatic rings. The second kappa shape index (κ2) is 6.83. The van der Waals surface area contributed by atoms with Gasteiger partial charge in [0.15, 0.2) is 0 Å². The summed E-state index contributed by atoms with van der Waals surface area (Å²) in [5.41, 5.74) is 2.38. The highest BCUT2D eigenvalue weighted by Gasteiger charge is 1.95. The van der Waals surface area contributed by atoms with Gasteiger partial charge in [0.1, 0.15) is 0 Å². The van der Waals surface area contributed by atoms with Crippen LogP contribution in [0.1, 0.15) is 18.9 Å². The predicted octanol–water partition coefficient (Wildman–Crippen LogP) is 3.10. The average Bonchev–Trinajstić information content (AvgIpc) is 2.30. The van der Waals surface area contributed by atoms with Gasteiger partial charge in [-0.1, -0.05) is 30.3 Å². The Hall–Kier alpha value is -1.57. The fourth-order valence-electron chi connectivity index (χ4n) is 1.63. The van der Waals surface area contributed by atoms with Crippen molar-refractivity contribution in [3.63, 3.8) is 0 Å². The molecular weight excluding hydrogens is 196 g/mol. The summed E-state index contributed by atoms with van der Waals surface area (Å²) in [6.45, 7) is 2.97. The molecule has 0 radical (unpaired) electrons. The number of rotatable bonds is 6. The molecule has 0 heterocycles. The molecule has 0 aromatic heterocycles. The molecule has 0 unspecified atom stereocenters. The van der Waals surface area contributed by atoms with E-state index < -0.39 is 0 Å². The largest absolute Gasteiger partial charge is 0.380 e. The number of nitrogens with one attached hydrogen (secondary N) is 1. The Labute approximate surface area is 98.1 Å². The van der Waals surface area contributed by atoms with Crippen molar-refractivity contribution in [2.75, 3.05) is 13.6 Å². The molecule has 0 aliphatic carbocycles. The third-order valence-corrected chi connectivity index (χ3v) is 2.47. The lowest BCUT2D eigenvalue weighted by Crippen LogP contribution is -2.13. The maximum atomic E-state index is 7.09. The van der Waals surface area contributed by atoms with E-state index in [0.29, 0.717) is 0 Å². The van der Waals surface area contributed by atoms with Crippen LogP contribution in [0, 0.1) is 5.41 Å². The number of allylic oxidation sites excluding steroid dienone is 1. The van der Waals surface area contributed by atoms with Crippen molar-refractivity contribution < 1.29 is 0 Å². The molecule has 0 fully saturated rings. The summed E-state index contributed by atoms with van der Waals surface area (Å²) in [5.74, 6) is 0. The van der Waals surface area contributed by atoms with Gasteiger partial charge in [-0.3, -0.25) is 0 Å². The molecule has 1 aromatic carbocycles. The zero-order valence-electron chi connectivity index (χ0n) is 10.1. The summed E-state index contributed by atoms with van der Waals surface area (Å²) < 4.78 is 0. The monoisotopic (exact) mass is 216 g/mol. The van der Waals surface area contributed by atoms with Crippen molar-refractivity contribution in [1.82, 2.24) is 4.90 Å². The molecular formula is C14H20N2. The Morgan fingerprint density at radius 1 is 1.31 bits per heavy atom. The van der Waals surface area contributed by atoms with Crippen LogP contribution in [0.15, 0.2) is 42.1 Å². The van der Waals surface area contributed by atoms with E-state index >= 15 is 0 Å². The SMILES string of the molecule is C/C(C=N)=C/N(C)CCCc1ccccc1. The Bertz CT molecular complexity index is 341. The van der Waals surface area contributed by atoms with Crippen molar-refractivity contribution in [1.29, 1.82) is 5.41 Å². The maximum absolute atomic E-state index is 7.09. The molecule has 0 aliphatic rings. The molecule has 0 saturated heterocycles. The highest BCUT2D eigenvalue weighted by molar-refractivity contribution is 5.74. The van der Waals surface area contributed by atoms with Gasteiger partial charge in [0, 0.05) is 26.0 Å². The van der Waals surface area contributed by atoms with E-state index in [2.05, 4.69) is 36.2 Å². The second-order valence-corrected chi connectivity index (χ2v) is 4.09. The zero-order chi connectivity index (χ0) is 11.8. The predicted molar refractivity (Wildman–Crippen MR) is 69.9 cm³/mol. The molecule has 0 bridgehead atoms. The van der Waals surface area contributed by atoms with Gasteiger partial charge in [-0.05, 0) is 30.9 Å². The van der Waals surface area contributed by atoms with Gasteiger partial charge in [0.05, 0.1) is 0 Å². The Morgan fingerprint density at radius 3 is 2.62 bits per heavy atom. The molecule has 2 heteroatoms. The van der Waals surface area contributed by atoms with Crippen LogP contribution in [-0.4, -0.2) is 24.7 Å². The first-order chi connectivity index (χ1) is 7.72. The summed E-state index contributed by atoms with van der Waals surface area (Å²) in [6.07, 6.45) is 5.65. The zero-order valence-corrected chi connectivity index (χ0v) is 10.1. The van der Waals surface area contributed by atoms with Crippen LogP contribution >= 0.6 is 0 Å². The van der Waals surface area contributed by atoms with Crippen LogP contribution in [0.5, 0.6) is 0 Å². The molecule has 16 heavy (non-hydrogen) atoms. The van der Waals surface area contributed by atoms with E-state index in [-0.39, 0.29) is 0 Å². The molecule has 0 aliphatic heterocycles. The molecule has 0 amide bonds. The van der Waals surface area contributed by atoms with Gasteiger partial charge in [-0.2, -0.15) is 0 Å². The standard InChI is InChI=1S/C14H20N2/c1-13(11-15)12-16(2)10-6-9-14-7-4-3-5-8-14/h3-5,7-8,11-12,15H,6,9-10H2,1-2H3/b13-12-,15-11?. The Kier molecular flexibility index (Phi) is 5.34. The van der Waals surface area contributed by atoms with Crippen LogP contribution in [0.25, 0.3) is 0 Å². The topological polar surface area (TPSA) is 27.1 Å². The van der Waals surface area contributed by atoms with E-state index in [1.54, 1.807) is 0 Å². The van der Waals surface area contributed by atoms with Gasteiger partial charge >= 0.3 is 0 Å². The fourth-order valence-corrected chi connectivity index (χ4v) is 1.63. The minimum absolute atomic E-state index is 0.988. The summed E-state index contributed by atoms with van der Waals surface area (Å²) in [5, 5.41) is 7.09. The summed E-state index contributed by atoms with van der Waals surface area (Å²) in [7, 11) is 2.05. The van der Waals surface area contributed by atoms with Gasteiger partial charge < -0.3 is 10.3 Å². The third-order valence-electron chi connectivity index (χ3n) is 2.47. The van der Waals surface area contributed by atoms with E-state index in [4.69, 9.17) is 5.41 Å². The van der Waals surface area contributed by atoms with Crippen LogP contribution < -0.4 is 0 Å². The second-order valence-electron chi connectivity index (χ2n) is 4.09. The molecule has 0 atom stereocenters. The van der Waals surface area contributed by atoms with Gasteiger partial charge in [0.2, 0.25) is 0 Å². The van der Waals surface area contributed by atoms with Crippen LogP contribution in [0.2, 0.25) is 0 Å². The molecule has 2 nitrogen and oxygen atoms in total. The van der Waals surface area contributed by atoms with Crippen molar-refractivity contribution in [2.24, 2.45) is 0 Å². The summed E-state index contributed by atoms with van der Waals surface area (Å²) >= 11 is 0. The maximum Gasteiger partial charge on any atom is 0.0221 e. The first-order valence-corrected chi connectivity index (χ1v) is 5.65. The van der Waals surface area contributed by atoms with Crippen molar-refractivity contribution in [3.8, 4) is 0 Å². The number of hydrogen-bond donors (Lipinski definition) is 1. The lowest BCUT2D eigenvalue weighted by molar-refractivity contribution is 0.442. The summed E-state index contributed by atoms with van der Waals surface area (Å²) in [6, 6.07) is 10.5. The number of hydrogen-bond acceptors (Lipinski definition) is 2. The van der Waals surface area contributed by atoms with Gasteiger partial charge in [-0.15, -0.1) is 0 Å². The van der Waals surface area contributed by atoms with Crippen LogP contribution in [-0.2, 0) is 6.42 Å². The van der Waals surface area contributed by atoms with E-state index in [0.717, 1.165) is 25.0 Å². The third kappa shape index (κ3) is 4.78. The lowest BCUT2D eigenvalue weighted by Gasteiger charge is -2.14. The fraction of sp³-hybridized carbons (Fsp3) is 0.357. The highest BCUT2D eigenvalue weighted by atomic mass is 15.1. The van der Waals surface area contributed by atoms with Crippen LogP contribution in [0.3, 0.4) is 0 Å². The van der Waals surface area contributed by atoms with Crippen molar-refractivity contribution in [3.05, 3.63) is 47.7 Å². The smallest absolute Gasteiger partial charge is 0.0221 e. The Morgan fingerprint density at radius 2 is 2.00 bits per heavy atom. The van der Waals surface area contributed by atoms with E-state index in [1.165, 1.54) is 11.8 Å². The minimum atomic E-state index is 0.988. The summed E-state index contributed by atoms with van der Waals surface area (Å²) in [4.78, 5) is 2.14. The number of nitrogens with zero attached hydrogens (tertiary/aromatic N) is 1.